The van der Waals surface area contributed by atoms with E-state index in [4.69, 9.17) is 14.2 Å². The number of ketones is 1. The number of hydrogen-bond donors (Lipinski definition) is 2. The van der Waals surface area contributed by atoms with Gasteiger partial charge in [-0.05, 0) is 71.0 Å². The summed E-state index contributed by atoms with van der Waals surface area (Å²) in [4.78, 5) is 41.4. The third-order valence-electron chi connectivity index (χ3n) is 9.81. The number of nitrogens with zero attached hydrogens (tertiary/aromatic N) is 1. The van der Waals surface area contributed by atoms with Crippen LogP contribution in [0.15, 0.2) is 24.3 Å². The van der Waals surface area contributed by atoms with E-state index < -0.39 is 64.2 Å². The summed E-state index contributed by atoms with van der Waals surface area (Å²) in [5.41, 5.74) is -6.28. The van der Waals surface area contributed by atoms with Crippen LogP contribution in [-0.2, 0) is 28.6 Å². The molecule has 2 N–H and O–H groups in total. The zero-order valence-electron chi connectivity index (χ0n) is 24.1. The Kier molecular flexibility index (Phi) is 7.97. The number of hydrogen-bond acceptors (Lipinski definition) is 9. The third-order valence-corrected chi connectivity index (χ3v) is 9.81. The average Bonchev–Trinajstić information content (AvgIpc) is 2.88. The number of carbonyl (C=O) groups is 3. The minimum Gasteiger partial charge on any atom is -0.454 e. The number of fused-ring (bicyclic) bond motifs is 3. The number of carbonyl (C=O) groups excluding carboxylic acids is 3. The second kappa shape index (κ2) is 10.4. The Morgan fingerprint density at radius 3 is 2.46 bits per heavy atom. The van der Waals surface area contributed by atoms with E-state index in [0.29, 0.717) is 25.0 Å². The van der Waals surface area contributed by atoms with E-state index in [9.17, 15) is 24.6 Å². The van der Waals surface area contributed by atoms with Gasteiger partial charge in [-0.15, -0.1) is 6.58 Å². The van der Waals surface area contributed by atoms with Crippen LogP contribution in [0.1, 0.15) is 79.6 Å². The summed E-state index contributed by atoms with van der Waals surface area (Å²) in [7, 11) is 0. The summed E-state index contributed by atoms with van der Waals surface area (Å²) < 4.78 is 17.5. The molecule has 0 aromatic rings. The van der Waals surface area contributed by atoms with Crippen LogP contribution in [0.2, 0.25) is 0 Å². The van der Waals surface area contributed by atoms with Crippen LogP contribution in [0.5, 0.6) is 0 Å². The first kappa shape index (κ1) is 29.9. The third kappa shape index (κ3) is 4.89. The van der Waals surface area contributed by atoms with Gasteiger partial charge >= 0.3 is 11.9 Å². The Hall–Kier alpha value is -2.07. The molecule has 9 nitrogen and oxygen atoms in total. The van der Waals surface area contributed by atoms with Crippen molar-refractivity contribution in [1.29, 1.82) is 0 Å². The molecule has 2 saturated heterocycles. The second-order valence-electron chi connectivity index (χ2n) is 13.0. The van der Waals surface area contributed by atoms with Gasteiger partial charge in [-0.3, -0.25) is 9.59 Å². The highest BCUT2D eigenvalue weighted by Gasteiger charge is 2.76. The summed E-state index contributed by atoms with van der Waals surface area (Å²) >= 11 is 0. The molecule has 4 aliphatic rings. The van der Waals surface area contributed by atoms with E-state index in [2.05, 4.69) is 11.5 Å². The highest BCUT2D eigenvalue weighted by Crippen LogP contribution is 2.64. The molecule has 3 fully saturated rings. The number of Topliss-reactive ketones (excluding diaryl/α,β-unsaturated/α-hetero) is 1. The summed E-state index contributed by atoms with van der Waals surface area (Å²) in [5.74, 6) is -1.81. The van der Waals surface area contributed by atoms with Gasteiger partial charge in [0.25, 0.3) is 0 Å². The van der Waals surface area contributed by atoms with Gasteiger partial charge in [0, 0.05) is 13.0 Å². The van der Waals surface area contributed by atoms with E-state index in [1.54, 1.807) is 26.8 Å². The van der Waals surface area contributed by atoms with Crippen LogP contribution in [0, 0.1) is 10.8 Å². The van der Waals surface area contributed by atoms with Crippen LogP contribution >= 0.6 is 0 Å². The van der Waals surface area contributed by atoms with Gasteiger partial charge in [0.05, 0.1) is 23.5 Å². The molecule has 0 amide bonds. The number of aliphatic hydroxyl groups excluding tert-OH is 1. The lowest BCUT2D eigenvalue weighted by Gasteiger charge is -2.66. The fourth-order valence-corrected chi connectivity index (χ4v) is 7.42. The number of likely N-dealkylation sites (tertiary alicyclic amines) is 1. The normalized spacial score (nSPS) is 40.1. The monoisotopic (exact) mass is 547 g/mol. The maximum Gasteiger partial charge on any atom is 0.344 e. The molecule has 1 saturated carbocycles. The fraction of sp³-hybridized carbons (Fsp3) is 0.767. The lowest BCUT2D eigenvalue weighted by Crippen LogP contribution is -2.81. The van der Waals surface area contributed by atoms with Crippen LogP contribution in [0.3, 0.4) is 0 Å². The van der Waals surface area contributed by atoms with Gasteiger partial charge < -0.3 is 29.3 Å². The topological polar surface area (TPSA) is 123 Å². The largest absolute Gasteiger partial charge is 0.454 e. The SMILES string of the molecule is C=C[C@@]1(C)CC(=O)[C@@]2(O)[C@](C)(O1)[C@@H](OC(=O)COC(=O)CCN1CCCCC1)C=C1C(C)(C)CC[C@H](O)[C@@]12C. The van der Waals surface area contributed by atoms with E-state index >= 15 is 0 Å². The van der Waals surface area contributed by atoms with Gasteiger partial charge in [-0.25, -0.2) is 4.79 Å². The van der Waals surface area contributed by atoms with Crippen molar-refractivity contribution < 1.29 is 38.8 Å². The molecule has 0 spiro atoms. The molecule has 39 heavy (non-hydrogen) atoms. The zero-order valence-corrected chi connectivity index (χ0v) is 24.1. The van der Waals surface area contributed by atoms with Gasteiger partial charge in [0.1, 0.15) is 5.60 Å². The standard InChI is InChI=1S/C30H45NO8/c1-7-27(4)18-22(33)30(36)28(5)20(26(2,3)13-11-21(28)32)17-23(29(30,6)39-27)38-25(35)19-37-24(34)12-16-31-14-9-8-10-15-31/h7,17,21,23,32,36H,1,8-16,18-19H2,2-6H3/t21-,23-,27-,28+,29+,30-/m0/s1. The van der Waals surface area contributed by atoms with Gasteiger partial charge in [0.2, 0.25) is 0 Å². The minimum absolute atomic E-state index is 0.145. The number of piperidine rings is 1. The Morgan fingerprint density at radius 1 is 1.15 bits per heavy atom. The molecule has 0 aromatic carbocycles. The predicted molar refractivity (Wildman–Crippen MR) is 144 cm³/mol. The number of aliphatic hydroxyl groups is 2. The predicted octanol–water partition coefficient (Wildman–Crippen LogP) is 2.87. The molecular weight excluding hydrogens is 502 g/mol. The average molecular weight is 548 g/mol. The molecular formula is C30H45NO8. The number of esters is 2. The maximum absolute atomic E-state index is 13.9. The van der Waals surface area contributed by atoms with Crippen molar-refractivity contribution >= 4 is 17.7 Å². The van der Waals surface area contributed by atoms with Crippen molar-refractivity contribution in [2.45, 2.75) is 109 Å². The first-order valence-corrected chi connectivity index (χ1v) is 14.2. The molecule has 6 atom stereocenters. The zero-order chi connectivity index (χ0) is 28.9. The Balaban J connectivity index is 1.59. The summed E-state index contributed by atoms with van der Waals surface area (Å²) in [5, 5.41) is 23.7. The lowest BCUT2D eigenvalue weighted by molar-refractivity contribution is -0.305. The van der Waals surface area contributed by atoms with Crippen molar-refractivity contribution in [3.05, 3.63) is 24.3 Å². The van der Waals surface area contributed by atoms with Gasteiger partial charge in [0.15, 0.2) is 24.1 Å². The quantitative estimate of drug-likeness (QED) is 0.366. The number of ether oxygens (including phenoxy) is 3. The molecule has 9 heteroatoms. The maximum atomic E-state index is 13.9. The Labute approximate surface area is 231 Å². The Bertz CT molecular complexity index is 1050. The van der Waals surface area contributed by atoms with Gasteiger partial charge in [-0.2, -0.15) is 0 Å². The first-order valence-electron chi connectivity index (χ1n) is 14.2. The molecule has 218 valence electrons. The van der Waals surface area contributed by atoms with Crippen LogP contribution < -0.4 is 0 Å². The molecule has 0 unspecified atom stereocenters. The van der Waals surface area contributed by atoms with Gasteiger partial charge in [-0.1, -0.05) is 31.9 Å². The van der Waals surface area contributed by atoms with Crippen molar-refractivity contribution in [2.75, 3.05) is 26.2 Å². The highest BCUT2D eigenvalue weighted by atomic mass is 16.6. The van der Waals surface area contributed by atoms with Crippen molar-refractivity contribution in [3.63, 3.8) is 0 Å². The molecule has 0 aromatic heterocycles. The molecule has 2 aliphatic carbocycles. The van der Waals surface area contributed by atoms with Crippen LogP contribution in [-0.4, -0.2) is 88.1 Å². The van der Waals surface area contributed by atoms with Crippen molar-refractivity contribution in [1.82, 2.24) is 4.90 Å². The number of rotatable bonds is 7. The molecule has 0 bridgehead atoms. The van der Waals surface area contributed by atoms with E-state index in [1.807, 2.05) is 13.8 Å². The molecule has 4 rings (SSSR count). The smallest absolute Gasteiger partial charge is 0.344 e. The van der Waals surface area contributed by atoms with Crippen LogP contribution in [0.4, 0.5) is 0 Å². The molecule has 2 heterocycles. The van der Waals surface area contributed by atoms with E-state index in [0.717, 1.165) is 25.9 Å². The summed E-state index contributed by atoms with van der Waals surface area (Å²) in [6, 6.07) is 0. The summed E-state index contributed by atoms with van der Waals surface area (Å²) in [6.45, 7) is 14.6. The Morgan fingerprint density at radius 2 is 1.82 bits per heavy atom. The van der Waals surface area contributed by atoms with Crippen LogP contribution in [0.25, 0.3) is 0 Å². The minimum atomic E-state index is -2.19. The van der Waals surface area contributed by atoms with Crippen molar-refractivity contribution in [2.24, 2.45) is 10.8 Å². The highest BCUT2D eigenvalue weighted by molar-refractivity contribution is 5.93. The second-order valence-corrected chi connectivity index (χ2v) is 13.0. The first-order chi connectivity index (χ1) is 18.1. The van der Waals surface area contributed by atoms with E-state index in [1.165, 1.54) is 12.5 Å². The van der Waals surface area contributed by atoms with Crippen molar-refractivity contribution in [3.8, 4) is 0 Å². The van der Waals surface area contributed by atoms with E-state index in [-0.39, 0.29) is 12.8 Å². The molecule has 0 radical (unpaired) electrons. The molecule has 2 aliphatic heterocycles. The summed E-state index contributed by atoms with van der Waals surface area (Å²) in [6.07, 6.45) is 5.51. The lowest BCUT2D eigenvalue weighted by atomic mass is 9.44. The fourth-order valence-electron chi connectivity index (χ4n) is 7.42.